The van der Waals surface area contributed by atoms with Gasteiger partial charge in [0.1, 0.15) is 0 Å². The number of amides is 2. The van der Waals surface area contributed by atoms with Crippen LogP contribution >= 0.6 is 0 Å². The number of benzene rings is 1. The van der Waals surface area contributed by atoms with Crippen molar-refractivity contribution in [3.63, 3.8) is 0 Å². The van der Waals surface area contributed by atoms with Crippen molar-refractivity contribution in [2.75, 3.05) is 11.4 Å². The summed E-state index contributed by atoms with van der Waals surface area (Å²) in [6.45, 7) is 3.78. The number of hydrogen-bond donors (Lipinski definition) is 1. The lowest BCUT2D eigenvalue weighted by Crippen LogP contribution is -2.33. The number of primary amides is 1. The molecule has 1 aliphatic rings. The summed E-state index contributed by atoms with van der Waals surface area (Å²) in [5, 5.41) is 0. The van der Waals surface area contributed by atoms with Crippen LogP contribution in [-0.2, 0) is 9.59 Å². The summed E-state index contributed by atoms with van der Waals surface area (Å²) in [6, 6.07) is 3.67. The highest BCUT2D eigenvalue weighted by atomic mass is 16.2. The van der Waals surface area contributed by atoms with Crippen LogP contribution in [-0.4, -0.2) is 24.1 Å². The normalized spacial score (nSPS) is 14.0. The lowest BCUT2D eigenvalue weighted by molar-refractivity contribution is -0.118. The van der Waals surface area contributed by atoms with Crippen LogP contribution in [0.1, 0.15) is 27.9 Å². The zero-order valence-corrected chi connectivity index (χ0v) is 10.3. The van der Waals surface area contributed by atoms with E-state index in [0.29, 0.717) is 11.3 Å². The van der Waals surface area contributed by atoms with Crippen LogP contribution in [0, 0.1) is 13.8 Å². The molecule has 94 valence electrons. The van der Waals surface area contributed by atoms with Gasteiger partial charge in [-0.05, 0) is 25.0 Å². The molecule has 1 aromatic carbocycles. The van der Waals surface area contributed by atoms with Crippen LogP contribution in [0.5, 0.6) is 0 Å². The maximum absolute atomic E-state index is 11.9. The van der Waals surface area contributed by atoms with Crippen LogP contribution in [0.4, 0.5) is 5.69 Å². The molecule has 2 N–H and O–H groups in total. The van der Waals surface area contributed by atoms with Gasteiger partial charge in [-0.3, -0.25) is 14.4 Å². The van der Waals surface area contributed by atoms with Gasteiger partial charge in [0.2, 0.25) is 5.91 Å². The van der Waals surface area contributed by atoms with E-state index in [1.54, 1.807) is 6.92 Å². The van der Waals surface area contributed by atoms with Crippen LogP contribution in [0.25, 0.3) is 0 Å². The van der Waals surface area contributed by atoms with Gasteiger partial charge in [0.25, 0.3) is 11.7 Å². The molecule has 5 nitrogen and oxygen atoms in total. The lowest BCUT2D eigenvalue weighted by Gasteiger charge is -2.17. The number of fused-ring (bicyclic) bond motifs is 1. The number of hydrogen-bond acceptors (Lipinski definition) is 3. The Morgan fingerprint density at radius 3 is 2.44 bits per heavy atom. The smallest absolute Gasteiger partial charge is 0.299 e. The first kappa shape index (κ1) is 12.3. The maximum atomic E-state index is 11.9. The average Bonchev–Trinajstić information content (AvgIpc) is 2.56. The van der Waals surface area contributed by atoms with Gasteiger partial charge in [0, 0.05) is 13.0 Å². The van der Waals surface area contributed by atoms with Gasteiger partial charge in [0.15, 0.2) is 0 Å². The third-order valence-corrected chi connectivity index (χ3v) is 3.11. The van der Waals surface area contributed by atoms with Crippen molar-refractivity contribution < 1.29 is 14.4 Å². The Morgan fingerprint density at radius 1 is 1.22 bits per heavy atom. The van der Waals surface area contributed by atoms with Crippen molar-refractivity contribution in [3.8, 4) is 0 Å². The lowest BCUT2D eigenvalue weighted by atomic mass is 10.0. The second-order valence-electron chi connectivity index (χ2n) is 4.43. The number of carbonyl (C=O) groups is 3. The fourth-order valence-electron chi connectivity index (χ4n) is 2.20. The Kier molecular flexibility index (Phi) is 2.90. The van der Waals surface area contributed by atoms with Gasteiger partial charge in [-0.25, -0.2) is 0 Å². The van der Waals surface area contributed by atoms with Gasteiger partial charge in [0.05, 0.1) is 11.3 Å². The number of aryl methyl sites for hydroxylation is 2. The van der Waals surface area contributed by atoms with Gasteiger partial charge in [-0.2, -0.15) is 0 Å². The van der Waals surface area contributed by atoms with Crippen molar-refractivity contribution in [1.82, 2.24) is 0 Å². The molecule has 2 amide bonds. The Morgan fingerprint density at radius 2 is 1.83 bits per heavy atom. The number of nitrogens with two attached hydrogens (primary N) is 1. The van der Waals surface area contributed by atoms with E-state index in [9.17, 15) is 14.4 Å². The molecule has 1 aromatic rings. The molecule has 18 heavy (non-hydrogen) atoms. The molecule has 0 radical (unpaired) electrons. The Bertz CT molecular complexity index is 564. The van der Waals surface area contributed by atoms with E-state index in [-0.39, 0.29) is 13.0 Å². The number of rotatable bonds is 3. The Labute approximate surface area is 105 Å². The van der Waals surface area contributed by atoms with Crippen molar-refractivity contribution >= 4 is 23.3 Å². The largest absolute Gasteiger partial charge is 0.370 e. The highest BCUT2D eigenvalue weighted by molar-refractivity contribution is 6.52. The molecule has 0 fully saturated rings. The van der Waals surface area contributed by atoms with Crippen molar-refractivity contribution in [2.24, 2.45) is 5.73 Å². The summed E-state index contributed by atoms with van der Waals surface area (Å²) in [4.78, 5) is 36.0. The van der Waals surface area contributed by atoms with Crippen molar-refractivity contribution in [3.05, 3.63) is 28.8 Å². The number of Topliss-reactive ketones (excluding diaryl/α,β-unsaturated/α-hetero) is 1. The third-order valence-electron chi connectivity index (χ3n) is 3.11. The maximum Gasteiger partial charge on any atom is 0.299 e. The summed E-state index contributed by atoms with van der Waals surface area (Å²) in [6.07, 6.45) is 0.0475. The van der Waals surface area contributed by atoms with E-state index in [2.05, 4.69) is 0 Å². The van der Waals surface area contributed by atoms with E-state index in [1.807, 2.05) is 19.1 Å². The van der Waals surface area contributed by atoms with E-state index in [4.69, 9.17) is 5.73 Å². The molecule has 1 heterocycles. The van der Waals surface area contributed by atoms with Crippen molar-refractivity contribution in [2.45, 2.75) is 20.3 Å². The molecule has 0 saturated carbocycles. The molecule has 0 spiro atoms. The van der Waals surface area contributed by atoms with Gasteiger partial charge >= 0.3 is 0 Å². The van der Waals surface area contributed by atoms with Crippen molar-refractivity contribution in [1.29, 1.82) is 0 Å². The monoisotopic (exact) mass is 246 g/mol. The summed E-state index contributed by atoms with van der Waals surface area (Å²) in [7, 11) is 0. The fraction of sp³-hybridized carbons (Fsp3) is 0.308. The van der Waals surface area contributed by atoms with E-state index < -0.39 is 17.6 Å². The zero-order chi connectivity index (χ0) is 13.4. The highest BCUT2D eigenvalue weighted by Gasteiger charge is 2.37. The molecule has 0 aromatic heterocycles. The molecule has 0 unspecified atom stereocenters. The van der Waals surface area contributed by atoms with Crippen LogP contribution in [0.3, 0.4) is 0 Å². The first-order valence-electron chi connectivity index (χ1n) is 5.68. The van der Waals surface area contributed by atoms with Crippen LogP contribution in [0.2, 0.25) is 0 Å². The second kappa shape index (κ2) is 4.25. The van der Waals surface area contributed by atoms with E-state index in [1.165, 1.54) is 4.90 Å². The standard InChI is InChI=1S/C13H14N2O3/c1-7-3-4-8(2)11-10(7)12(17)13(18)15(11)6-5-9(14)16/h3-4H,5-6H2,1-2H3,(H2,14,16). The Balaban J connectivity index is 2.48. The minimum atomic E-state index is -0.580. The SMILES string of the molecule is Cc1ccc(C)c2c1C(=O)C(=O)N2CCC(N)=O. The molecule has 2 rings (SSSR count). The minimum Gasteiger partial charge on any atom is -0.370 e. The van der Waals surface area contributed by atoms with Crippen LogP contribution < -0.4 is 10.6 Å². The first-order chi connectivity index (χ1) is 8.43. The molecule has 5 heteroatoms. The molecule has 0 aliphatic carbocycles. The predicted octanol–water partition coefficient (Wildman–Crippen LogP) is 0.708. The highest BCUT2D eigenvalue weighted by Crippen LogP contribution is 2.34. The van der Waals surface area contributed by atoms with Crippen LogP contribution in [0.15, 0.2) is 12.1 Å². The predicted molar refractivity (Wildman–Crippen MR) is 66.4 cm³/mol. The second-order valence-corrected chi connectivity index (χ2v) is 4.43. The molecular weight excluding hydrogens is 232 g/mol. The summed E-state index contributed by atoms with van der Waals surface area (Å²) in [5.41, 5.74) is 7.76. The number of carbonyl (C=O) groups excluding carboxylic acids is 3. The third kappa shape index (κ3) is 1.77. The molecule has 0 atom stereocenters. The molecule has 0 bridgehead atoms. The first-order valence-corrected chi connectivity index (χ1v) is 5.68. The number of nitrogens with zero attached hydrogens (tertiary/aromatic N) is 1. The molecule has 0 saturated heterocycles. The molecule has 1 aliphatic heterocycles. The summed E-state index contributed by atoms with van der Waals surface area (Å²) in [5.74, 6) is -1.58. The number of ketones is 1. The van der Waals surface area contributed by atoms with E-state index in [0.717, 1.165) is 11.1 Å². The van der Waals surface area contributed by atoms with Gasteiger partial charge in [-0.15, -0.1) is 0 Å². The zero-order valence-electron chi connectivity index (χ0n) is 10.3. The Hall–Kier alpha value is -2.17. The molecular formula is C13H14N2O3. The van der Waals surface area contributed by atoms with Gasteiger partial charge in [-0.1, -0.05) is 12.1 Å². The topological polar surface area (TPSA) is 80.5 Å². The fourth-order valence-corrected chi connectivity index (χ4v) is 2.20. The quantitative estimate of drug-likeness (QED) is 0.797. The summed E-state index contributed by atoms with van der Waals surface area (Å²) < 4.78 is 0. The van der Waals surface area contributed by atoms with E-state index >= 15 is 0 Å². The minimum absolute atomic E-state index is 0.0475. The van der Waals surface area contributed by atoms with Gasteiger partial charge < -0.3 is 10.6 Å². The summed E-state index contributed by atoms with van der Waals surface area (Å²) >= 11 is 0. The average molecular weight is 246 g/mol. The number of anilines is 1.